The summed E-state index contributed by atoms with van der Waals surface area (Å²) in [5.41, 5.74) is 0. The summed E-state index contributed by atoms with van der Waals surface area (Å²) in [6.07, 6.45) is 13.5. The number of nitrogens with zero attached hydrogens (tertiary/aromatic N) is 1. The van der Waals surface area contributed by atoms with Gasteiger partial charge in [0.15, 0.2) is 0 Å². The fourth-order valence-electron chi connectivity index (χ4n) is 4.01. The van der Waals surface area contributed by atoms with E-state index < -0.39 is 0 Å². The van der Waals surface area contributed by atoms with Gasteiger partial charge in [-0.15, -0.1) is 0 Å². The standard InChI is InChI=1S/C18H31NO3/c20-18(14-17-8-4-5-13-21-17)19-11-9-16(10-12-19)22-15-6-2-1-3-7-15/h15-17H,1-14H2. The lowest BCUT2D eigenvalue weighted by Gasteiger charge is -2.35. The highest BCUT2D eigenvalue weighted by Gasteiger charge is 2.27. The molecule has 126 valence electrons. The molecule has 0 aromatic carbocycles. The van der Waals surface area contributed by atoms with Crippen molar-refractivity contribution < 1.29 is 14.3 Å². The van der Waals surface area contributed by atoms with Crippen LogP contribution in [0.25, 0.3) is 0 Å². The van der Waals surface area contributed by atoms with Crippen molar-refractivity contribution >= 4 is 5.91 Å². The highest BCUT2D eigenvalue weighted by molar-refractivity contribution is 5.76. The van der Waals surface area contributed by atoms with E-state index in [1.165, 1.54) is 38.5 Å². The summed E-state index contributed by atoms with van der Waals surface area (Å²) < 4.78 is 11.9. The number of hydrogen-bond donors (Lipinski definition) is 0. The average Bonchev–Trinajstić information content (AvgIpc) is 2.57. The number of likely N-dealkylation sites (tertiary alicyclic amines) is 1. The van der Waals surface area contributed by atoms with Crippen LogP contribution in [0.2, 0.25) is 0 Å². The third-order valence-electron chi connectivity index (χ3n) is 5.41. The zero-order chi connectivity index (χ0) is 15.2. The molecule has 2 saturated heterocycles. The van der Waals surface area contributed by atoms with Crippen LogP contribution in [-0.2, 0) is 14.3 Å². The first-order chi connectivity index (χ1) is 10.8. The molecule has 1 aliphatic carbocycles. The van der Waals surface area contributed by atoms with Crippen LogP contribution in [0.1, 0.15) is 70.6 Å². The second kappa shape index (κ2) is 8.30. The molecule has 0 radical (unpaired) electrons. The van der Waals surface area contributed by atoms with E-state index in [1.807, 2.05) is 4.90 Å². The molecular formula is C18H31NO3. The van der Waals surface area contributed by atoms with E-state index >= 15 is 0 Å². The van der Waals surface area contributed by atoms with Gasteiger partial charge in [0.1, 0.15) is 0 Å². The van der Waals surface area contributed by atoms with Crippen molar-refractivity contribution in [2.45, 2.75) is 88.9 Å². The lowest BCUT2D eigenvalue weighted by molar-refractivity contribution is -0.138. The summed E-state index contributed by atoms with van der Waals surface area (Å²) in [7, 11) is 0. The van der Waals surface area contributed by atoms with Crippen molar-refractivity contribution in [1.29, 1.82) is 0 Å². The van der Waals surface area contributed by atoms with Gasteiger partial charge in [0.2, 0.25) is 5.91 Å². The van der Waals surface area contributed by atoms with Gasteiger partial charge < -0.3 is 14.4 Å². The highest BCUT2D eigenvalue weighted by atomic mass is 16.5. The van der Waals surface area contributed by atoms with Gasteiger partial charge in [-0.1, -0.05) is 19.3 Å². The molecule has 0 N–H and O–H groups in total. The van der Waals surface area contributed by atoms with Crippen LogP contribution in [-0.4, -0.2) is 48.8 Å². The maximum atomic E-state index is 12.4. The molecule has 0 bridgehead atoms. The SMILES string of the molecule is O=C(CC1CCCCO1)N1CCC(OC2CCCCC2)CC1. The predicted molar refractivity (Wildman–Crippen MR) is 85.8 cm³/mol. The molecule has 4 nitrogen and oxygen atoms in total. The Morgan fingerprint density at radius 2 is 1.59 bits per heavy atom. The maximum absolute atomic E-state index is 12.4. The van der Waals surface area contributed by atoms with Crippen LogP contribution < -0.4 is 0 Å². The third kappa shape index (κ3) is 4.69. The Labute approximate surface area is 134 Å². The summed E-state index contributed by atoms with van der Waals surface area (Å²) in [4.78, 5) is 14.4. The van der Waals surface area contributed by atoms with E-state index in [2.05, 4.69) is 0 Å². The van der Waals surface area contributed by atoms with Crippen LogP contribution in [0.4, 0.5) is 0 Å². The minimum atomic E-state index is 0.164. The summed E-state index contributed by atoms with van der Waals surface area (Å²) in [6.45, 7) is 2.56. The molecule has 1 unspecified atom stereocenters. The Kier molecular flexibility index (Phi) is 6.13. The van der Waals surface area contributed by atoms with Crippen molar-refractivity contribution in [3.05, 3.63) is 0 Å². The molecule has 3 fully saturated rings. The molecule has 4 heteroatoms. The van der Waals surface area contributed by atoms with E-state index in [4.69, 9.17) is 9.47 Å². The Morgan fingerprint density at radius 1 is 0.909 bits per heavy atom. The Hall–Kier alpha value is -0.610. The largest absolute Gasteiger partial charge is 0.378 e. The number of ether oxygens (including phenoxy) is 2. The van der Waals surface area contributed by atoms with Crippen LogP contribution in [0.5, 0.6) is 0 Å². The smallest absolute Gasteiger partial charge is 0.225 e. The average molecular weight is 309 g/mol. The van der Waals surface area contributed by atoms with Gasteiger partial charge in [-0.2, -0.15) is 0 Å². The van der Waals surface area contributed by atoms with Crippen molar-refractivity contribution in [2.75, 3.05) is 19.7 Å². The Bertz CT molecular complexity index is 340. The van der Waals surface area contributed by atoms with Gasteiger partial charge in [-0.3, -0.25) is 4.79 Å². The lowest BCUT2D eigenvalue weighted by Crippen LogP contribution is -2.43. The molecule has 0 aromatic rings. The van der Waals surface area contributed by atoms with Crippen LogP contribution in [0, 0.1) is 0 Å². The van der Waals surface area contributed by atoms with Crippen LogP contribution in [0.3, 0.4) is 0 Å². The molecule has 0 spiro atoms. The fraction of sp³-hybridized carbons (Fsp3) is 0.944. The lowest BCUT2D eigenvalue weighted by atomic mass is 9.97. The molecule has 2 heterocycles. The van der Waals surface area contributed by atoms with Gasteiger partial charge in [-0.05, 0) is 44.9 Å². The van der Waals surface area contributed by atoms with Crippen molar-refractivity contribution in [2.24, 2.45) is 0 Å². The van der Waals surface area contributed by atoms with Crippen molar-refractivity contribution in [1.82, 2.24) is 4.90 Å². The molecule has 1 atom stereocenters. The predicted octanol–water partition coefficient (Wildman–Crippen LogP) is 3.29. The van der Waals surface area contributed by atoms with Gasteiger partial charge >= 0.3 is 0 Å². The number of rotatable bonds is 4. The normalized spacial score (nSPS) is 28.7. The van der Waals surface area contributed by atoms with Gasteiger partial charge in [-0.25, -0.2) is 0 Å². The van der Waals surface area contributed by atoms with Crippen LogP contribution in [0.15, 0.2) is 0 Å². The zero-order valence-electron chi connectivity index (χ0n) is 13.8. The number of piperidine rings is 1. The molecule has 3 aliphatic rings. The highest BCUT2D eigenvalue weighted by Crippen LogP contribution is 2.25. The molecule has 1 amide bonds. The second-order valence-corrected chi connectivity index (χ2v) is 7.17. The minimum absolute atomic E-state index is 0.164. The minimum Gasteiger partial charge on any atom is -0.378 e. The van der Waals surface area contributed by atoms with E-state index in [9.17, 15) is 4.79 Å². The Morgan fingerprint density at radius 3 is 2.27 bits per heavy atom. The number of amides is 1. The first kappa shape index (κ1) is 16.3. The van der Waals surface area contributed by atoms with Crippen LogP contribution >= 0.6 is 0 Å². The number of carbonyl (C=O) groups is 1. The summed E-state index contributed by atoms with van der Waals surface area (Å²) >= 11 is 0. The topological polar surface area (TPSA) is 38.8 Å². The fourth-order valence-corrected chi connectivity index (χ4v) is 4.01. The van der Waals surface area contributed by atoms with Gasteiger partial charge in [0.05, 0.1) is 24.7 Å². The molecule has 22 heavy (non-hydrogen) atoms. The van der Waals surface area contributed by atoms with E-state index in [-0.39, 0.29) is 12.0 Å². The van der Waals surface area contributed by atoms with E-state index in [0.29, 0.717) is 18.6 Å². The summed E-state index contributed by atoms with van der Waals surface area (Å²) in [5, 5.41) is 0. The summed E-state index contributed by atoms with van der Waals surface area (Å²) in [5.74, 6) is 0.281. The van der Waals surface area contributed by atoms with Crippen molar-refractivity contribution in [3.63, 3.8) is 0 Å². The van der Waals surface area contributed by atoms with Gasteiger partial charge in [0.25, 0.3) is 0 Å². The maximum Gasteiger partial charge on any atom is 0.225 e. The molecule has 0 aromatic heterocycles. The first-order valence-corrected chi connectivity index (χ1v) is 9.36. The first-order valence-electron chi connectivity index (χ1n) is 9.36. The third-order valence-corrected chi connectivity index (χ3v) is 5.41. The van der Waals surface area contributed by atoms with Crippen molar-refractivity contribution in [3.8, 4) is 0 Å². The second-order valence-electron chi connectivity index (χ2n) is 7.17. The van der Waals surface area contributed by atoms with E-state index in [1.54, 1.807) is 0 Å². The number of hydrogen-bond acceptors (Lipinski definition) is 3. The quantitative estimate of drug-likeness (QED) is 0.800. The van der Waals surface area contributed by atoms with Gasteiger partial charge in [0, 0.05) is 19.7 Å². The molecule has 2 aliphatic heterocycles. The number of carbonyl (C=O) groups excluding carboxylic acids is 1. The Balaban J connectivity index is 1.36. The molecule has 3 rings (SSSR count). The molecule has 1 saturated carbocycles. The molecular weight excluding hydrogens is 278 g/mol. The summed E-state index contributed by atoms with van der Waals surface area (Å²) in [6, 6.07) is 0. The monoisotopic (exact) mass is 309 g/mol. The van der Waals surface area contributed by atoms with E-state index in [0.717, 1.165) is 45.4 Å². The zero-order valence-corrected chi connectivity index (χ0v) is 13.8.